The molecule has 5 heteroatoms. The number of halogens is 1. The van der Waals surface area contributed by atoms with E-state index in [4.69, 9.17) is 5.73 Å². The van der Waals surface area contributed by atoms with E-state index in [1.165, 1.54) is 4.88 Å². The molecule has 0 saturated carbocycles. The first-order chi connectivity index (χ1) is 8.22. The number of hydrogen-bond acceptors (Lipinski definition) is 4. The highest BCUT2D eigenvalue weighted by atomic mass is 79.9. The van der Waals surface area contributed by atoms with Crippen molar-refractivity contribution in [2.75, 3.05) is 12.3 Å². The van der Waals surface area contributed by atoms with E-state index in [1.54, 1.807) is 17.5 Å². The lowest BCUT2D eigenvalue weighted by atomic mass is 10.1. The Kier molecular flexibility index (Phi) is 4.15. The van der Waals surface area contributed by atoms with Gasteiger partial charge in [-0.05, 0) is 34.6 Å². The largest absolute Gasteiger partial charge is 0.383 e. The average molecular weight is 312 g/mol. The van der Waals surface area contributed by atoms with Crippen LogP contribution in [0.1, 0.15) is 23.4 Å². The number of anilines is 1. The standard InChI is InChI=1S/C12H14BrN3S/c1-2-15-11(10-6-8(13)7-17-10)9-4-3-5-16-12(9)14/h3-7,11,15H,2H2,1H3,(H2,14,16). The van der Waals surface area contributed by atoms with Gasteiger partial charge in [0.15, 0.2) is 0 Å². The van der Waals surface area contributed by atoms with Gasteiger partial charge in [0.05, 0.1) is 6.04 Å². The zero-order chi connectivity index (χ0) is 12.3. The Labute approximate surface area is 113 Å². The molecule has 2 rings (SSSR count). The Morgan fingerprint density at radius 3 is 3.00 bits per heavy atom. The molecule has 90 valence electrons. The van der Waals surface area contributed by atoms with Crippen molar-refractivity contribution in [1.29, 1.82) is 0 Å². The van der Waals surface area contributed by atoms with Gasteiger partial charge in [0.1, 0.15) is 5.82 Å². The number of rotatable bonds is 4. The molecular weight excluding hydrogens is 298 g/mol. The highest BCUT2D eigenvalue weighted by Crippen LogP contribution is 2.31. The number of hydrogen-bond donors (Lipinski definition) is 2. The maximum absolute atomic E-state index is 5.94. The molecule has 0 aliphatic carbocycles. The molecule has 2 heterocycles. The maximum Gasteiger partial charge on any atom is 0.128 e. The molecule has 2 aromatic heterocycles. The lowest BCUT2D eigenvalue weighted by molar-refractivity contribution is 0.639. The van der Waals surface area contributed by atoms with Crippen LogP contribution in [0.4, 0.5) is 5.82 Å². The summed E-state index contributed by atoms with van der Waals surface area (Å²) in [6, 6.07) is 6.16. The minimum absolute atomic E-state index is 0.116. The second-order valence-electron chi connectivity index (χ2n) is 3.64. The molecule has 0 aliphatic rings. The smallest absolute Gasteiger partial charge is 0.128 e. The van der Waals surface area contributed by atoms with Gasteiger partial charge in [-0.1, -0.05) is 13.0 Å². The fourth-order valence-electron chi connectivity index (χ4n) is 1.72. The van der Waals surface area contributed by atoms with Crippen molar-refractivity contribution in [3.05, 3.63) is 44.7 Å². The first kappa shape index (κ1) is 12.5. The summed E-state index contributed by atoms with van der Waals surface area (Å²) in [6.07, 6.45) is 1.71. The number of thiophene rings is 1. The predicted molar refractivity (Wildman–Crippen MR) is 76.2 cm³/mol. The minimum Gasteiger partial charge on any atom is -0.383 e. The lowest BCUT2D eigenvalue weighted by Crippen LogP contribution is -2.22. The highest BCUT2D eigenvalue weighted by molar-refractivity contribution is 9.10. The number of nitrogens with two attached hydrogens (primary N) is 1. The molecule has 0 amide bonds. The van der Waals surface area contributed by atoms with Crippen molar-refractivity contribution in [3.8, 4) is 0 Å². The zero-order valence-corrected chi connectivity index (χ0v) is 11.9. The van der Waals surface area contributed by atoms with Crippen LogP contribution in [0.2, 0.25) is 0 Å². The molecule has 0 saturated heterocycles. The Bertz CT molecular complexity index is 498. The SMILES string of the molecule is CCNC(c1cc(Br)cs1)c1cccnc1N. The maximum atomic E-state index is 5.94. The van der Waals surface area contributed by atoms with Crippen LogP contribution in [-0.2, 0) is 0 Å². The number of aromatic nitrogens is 1. The third kappa shape index (κ3) is 2.86. The summed E-state index contributed by atoms with van der Waals surface area (Å²) >= 11 is 5.19. The van der Waals surface area contributed by atoms with Gasteiger partial charge in [0, 0.05) is 26.5 Å². The Hall–Kier alpha value is -0.910. The summed E-state index contributed by atoms with van der Waals surface area (Å²) < 4.78 is 1.10. The summed E-state index contributed by atoms with van der Waals surface area (Å²) in [5, 5.41) is 5.51. The fourth-order valence-corrected chi connectivity index (χ4v) is 3.26. The van der Waals surface area contributed by atoms with E-state index in [9.17, 15) is 0 Å². The molecule has 0 aliphatic heterocycles. The van der Waals surface area contributed by atoms with E-state index in [0.29, 0.717) is 5.82 Å². The molecule has 0 bridgehead atoms. The first-order valence-corrected chi connectivity index (χ1v) is 7.07. The monoisotopic (exact) mass is 311 g/mol. The second-order valence-corrected chi connectivity index (χ2v) is 5.49. The number of nitrogen functional groups attached to an aromatic ring is 1. The summed E-state index contributed by atoms with van der Waals surface area (Å²) in [5.74, 6) is 0.586. The fraction of sp³-hybridized carbons (Fsp3) is 0.250. The zero-order valence-electron chi connectivity index (χ0n) is 9.48. The van der Waals surface area contributed by atoms with Crippen LogP contribution in [-0.4, -0.2) is 11.5 Å². The van der Waals surface area contributed by atoms with Gasteiger partial charge in [0.2, 0.25) is 0 Å². The van der Waals surface area contributed by atoms with Crippen molar-refractivity contribution in [2.24, 2.45) is 0 Å². The van der Waals surface area contributed by atoms with Gasteiger partial charge in [-0.25, -0.2) is 4.98 Å². The average Bonchev–Trinajstić information content (AvgIpc) is 2.74. The van der Waals surface area contributed by atoms with Gasteiger partial charge < -0.3 is 11.1 Å². The lowest BCUT2D eigenvalue weighted by Gasteiger charge is -2.17. The van der Waals surface area contributed by atoms with Gasteiger partial charge in [-0.2, -0.15) is 0 Å². The molecule has 0 fully saturated rings. The third-order valence-corrected chi connectivity index (χ3v) is 4.22. The Balaban J connectivity index is 2.39. The van der Waals surface area contributed by atoms with Crippen molar-refractivity contribution >= 4 is 33.1 Å². The van der Waals surface area contributed by atoms with Crippen LogP contribution < -0.4 is 11.1 Å². The molecule has 0 radical (unpaired) electrons. The van der Waals surface area contributed by atoms with Crippen molar-refractivity contribution in [2.45, 2.75) is 13.0 Å². The number of nitrogens with zero attached hydrogens (tertiary/aromatic N) is 1. The van der Waals surface area contributed by atoms with E-state index in [0.717, 1.165) is 16.6 Å². The van der Waals surface area contributed by atoms with Crippen LogP contribution in [0.15, 0.2) is 34.2 Å². The molecule has 0 aromatic carbocycles. The van der Waals surface area contributed by atoms with Crippen LogP contribution in [0.25, 0.3) is 0 Å². The topological polar surface area (TPSA) is 50.9 Å². The van der Waals surface area contributed by atoms with Crippen LogP contribution in [0, 0.1) is 0 Å². The van der Waals surface area contributed by atoms with Crippen molar-refractivity contribution in [3.63, 3.8) is 0 Å². The van der Waals surface area contributed by atoms with E-state index >= 15 is 0 Å². The quantitative estimate of drug-likeness (QED) is 0.911. The summed E-state index contributed by atoms with van der Waals surface area (Å²) in [4.78, 5) is 5.38. The molecule has 3 N–H and O–H groups in total. The highest BCUT2D eigenvalue weighted by Gasteiger charge is 2.17. The molecule has 3 nitrogen and oxygen atoms in total. The summed E-state index contributed by atoms with van der Waals surface area (Å²) in [6.45, 7) is 2.97. The van der Waals surface area contributed by atoms with Gasteiger partial charge >= 0.3 is 0 Å². The molecule has 17 heavy (non-hydrogen) atoms. The Morgan fingerprint density at radius 1 is 1.59 bits per heavy atom. The molecule has 0 spiro atoms. The number of nitrogens with one attached hydrogen (secondary N) is 1. The van der Waals surface area contributed by atoms with Crippen LogP contribution in [0.5, 0.6) is 0 Å². The van der Waals surface area contributed by atoms with E-state index in [-0.39, 0.29) is 6.04 Å². The second kappa shape index (κ2) is 5.62. The summed E-state index contributed by atoms with van der Waals surface area (Å²) in [5.41, 5.74) is 6.97. The van der Waals surface area contributed by atoms with Crippen molar-refractivity contribution < 1.29 is 0 Å². The van der Waals surface area contributed by atoms with Gasteiger partial charge in [-0.15, -0.1) is 11.3 Å². The summed E-state index contributed by atoms with van der Waals surface area (Å²) in [7, 11) is 0. The normalized spacial score (nSPS) is 12.6. The minimum atomic E-state index is 0.116. The number of pyridine rings is 1. The third-order valence-electron chi connectivity index (χ3n) is 2.46. The molecule has 2 aromatic rings. The van der Waals surface area contributed by atoms with E-state index in [2.05, 4.69) is 44.6 Å². The first-order valence-electron chi connectivity index (χ1n) is 5.40. The van der Waals surface area contributed by atoms with Gasteiger partial charge in [0.25, 0.3) is 0 Å². The van der Waals surface area contributed by atoms with Crippen molar-refractivity contribution in [1.82, 2.24) is 10.3 Å². The molecule has 1 atom stereocenters. The van der Waals surface area contributed by atoms with Gasteiger partial charge in [-0.3, -0.25) is 0 Å². The van der Waals surface area contributed by atoms with E-state index in [1.807, 2.05) is 12.1 Å². The Morgan fingerprint density at radius 2 is 2.41 bits per heavy atom. The predicted octanol–water partition coefficient (Wildman–Crippen LogP) is 3.19. The van der Waals surface area contributed by atoms with Crippen LogP contribution in [0.3, 0.4) is 0 Å². The molecular formula is C12H14BrN3S. The molecule has 1 unspecified atom stereocenters. The van der Waals surface area contributed by atoms with Crippen LogP contribution >= 0.6 is 27.3 Å². The van der Waals surface area contributed by atoms with E-state index < -0.39 is 0 Å².